The van der Waals surface area contributed by atoms with Gasteiger partial charge in [-0.25, -0.2) is 0 Å². The van der Waals surface area contributed by atoms with Crippen LogP contribution in [-0.2, 0) is 4.74 Å². The van der Waals surface area contributed by atoms with E-state index in [0.717, 1.165) is 44.6 Å². The molecule has 0 aromatic heterocycles. The fourth-order valence-corrected chi connectivity index (χ4v) is 1.84. The molecule has 0 saturated carbocycles. The molecule has 2 nitrogen and oxygen atoms in total. The third-order valence-electron chi connectivity index (χ3n) is 3.09. The molecule has 1 unspecified atom stereocenters. The van der Waals surface area contributed by atoms with Crippen LogP contribution in [0.3, 0.4) is 0 Å². The van der Waals surface area contributed by atoms with Crippen molar-refractivity contribution in [1.82, 2.24) is 5.32 Å². The number of hydrogen-bond donors (Lipinski definition) is 1. The van der Waals surface area contributed by atoms with E-state index < -0.39 is 0 Å². The van der Waals surface area contributed by atoms with Crippen LogP contribution in [0.15, 0.2) is 0 Å². The normalized spacial score (nSPS) is 13.2. The van der Waals surface area contributed by atoms with Crippen molar-refractivity contribution in [1.29, 1.82) is 0 Å². The fourth-order valence-electron chi connectivity index (χ4n) is 1.84. The van der Waals surface area contributed by atoms with Gasteiger partial charge in [-0.3, -0.25) is 0 Å². The minimum Gasteiger partial charge on any atom is -0.381 e. The first-order valence-corrected chi connectivity index (χ1v) is 7.49. The summed E-state index contributed by atoms with van der Waals surface area (Å²) >= 11 is 0. The maximum atomic E-state index is 5.75. The monoisotopic (exact) mass is 243 g/mol. The Bertz CT molecular complexity index is 148. The van der Waals surface area contributed by atoms with Crippen LogP contribution >= 0.6 is 0 Å². The van der Waals surface area contributed by atoms with Crippen LogP contribution < -0.4 is 5.32 Å². The third-order valence-corrected chi connectivity index (χ3v) is 3.09. The summed E-state index contributed by atoms with van der Waals surface area (Å²) in [7, 11) is 0. The second-order valence-electron chi connectivity index (χ2n) is 5.44. The third kappa shape index (κ3) is 12.2. The van der Waals surface area contributed by atoms with E-state index in [4.69, 9.17) is 4.74 Å². The van der Waals surface area contributed by atoms with Crippen molar-refractivity contribution < 1.29 is 4.74 Å². The zero-order valence-corrected chi connectivity index (χ0v) is 12.4. The number of hydrogen-bond acceptors (Lipinski definition) is 2. The van der Waals surface area contributed by atoms with Crippen LogP contribution in [0.2, 0.25) is 0 Å². The molecule has 1 N–H and O–H groups in total. The zero-order valence-electron chi connectivity index (χ0n) is 12.4. The molecule has 0 fully saturated rings. The molecule has 0 rings (SSSR count). The van der Waals surface area contributed by atoms with Gasteiger partial charge in [0, 0.05) is 13.2 Å². The van der Waals surface area contributed by atoms with E-state index in [-0.39, 0.29) is 0 Å². The highest BCUT2D eigenvalue weighted by Crippen LogP contribution is 2.12. The molecule has 0 amide bonds. The van der Waals surface area contributed by atoms with E-state index in [1.54, 1.807) is 0 Å². The molecule has 0 aromatic rings. The van der Waals surface area contributed by atoms with Gasteiger partial charge in [-0.1, -0.05) is 47.0 Å². The molecule has 0 saturated heterocycles. The van der Waals surface area contributed by atoms with Crippen LogP contribution in [0.1, 0.15) is 59.8 Å². The Labute approximate surface area is 109 Å². The van der Waals surface area contributed by atoms with Gasteiger partial charge in [0.05, 0.1) is 0 Å². The lowest BCUT2D eigenvalue weighted by Gasteiger charge is -2.14. The Morgan fingerprint density at radius 2 is 1.88 bits per heavy atom. The van der Waals surface area contributed by atoms with Crippen molar-refractivity contribution in [3.8, 4) is 0 Å². The van der Waals surface area contributed by atoms with Crippen LogP contribution in [0.5, 0.6) is 0 Å². The molecule has 0 aliphatic rings. The van der Waals surface area contributed by atoms with Crippen molar-refractivity contribution in [2.75, 3.05) is 26.3 Å². The lowest BCUT2D eigenvalue weighted by atomic mass is 10.0. The molecule has 1 atom stereocenters. The largest absolute Gasteiger partial charge is 0.381 e. The summed E-state index contributed by atoms with van der Waals surface area (Å²) in [6.45, 7) is 13.1. The lowest BCUT2D eigenvalue weighted by Crippen LogP contribution is -2.22. The van der Waals surface area contributed by atoms with E-state index in [0.29, 0.717) is 0 Å². The highest BCUT2D eigenvalue weighted by Gasteiger charge is 2.05. The molecule has 104 valence electrons. The summed E-state index contributed by atoms with van der Waals surface area (Å²) < 4.78 is 5.75. The minimum absolute atomic E-state index is 0.745. The van der Waals surface area contributed by atoms with Gasteiger partial charge < -0.3 is 10.1 Å². The van der Waals surface area contributed by atoms with Crippen LogP contribution in [0.25, 0.3) is 0 Å². The first kappa shape index (κ1) is 16.9. The summed E-state index contributed by atoms with van der Waals surface area (Å²) in [6.07, 6.45) is 6.37. The Morgan fingerprint density at radius 1 is 1.12 bits per heavy atom. The van der Waals surface area contributed by atoms with Crippen molar-refractivity contribution in [3.05, 3.63) is 0 Å². The van der Waals surface area contributed by atoms with Crippen LogP contribution in [-0.4, -0.2) is 26.3 Å². The molecule has 0 bridgehead atoms. The van der Waals surface area contributed by atoms with Gasteiger partial charge in [-0.05, 0) is 37.8 Å². The van der Waals surface area contributed by atoms with Crippen LogP contribution in [0.4, 0.5) is 0 Å². The number of unbranched alkanes of at least 4 members (excludes halogenated alkanes) is 1. The maximum Gasteiger partial charge on any atom is 0.0494 e. The average molecular weight is 243 g/mol. The molecular weight excluding hydrogens is 210 g/mol. The zero-order chi connectivity index (χ0) is 12.9. The predicted octanol–water partition coefficient (Wildman–Crippen LogP) is 3.86. The summed E-state index contributed by atoms with van der Waals surface area (Å²) in [5.41, 5.74) is 0. The SMILES string of the molecule is CCCCC(CC)COCCCNCC(C)C. The van der Waals surface area contributed by atoms with Gasteiger partial charge in [-0.2, -0.15) is 0 Å². The van der Waals surface area contributed by atoms with E-state index in [9.17, 15) is 0 Å². The molecule has 2 heteroatoms. The van der Waals surface area contributed by atoms with Crippen molar-refractivity contribution >= 4 is 0 Å². The summed E-state index contributed by atoms with van der Waals surface area (Å²) in [5.74, 6) is 1.52. The highest BCUT2D eigenvalue weighted by atomic mass is 16.5. The van der Waals surface area contributed by atoms with Gasteiger partial charge in [0.2, 0.25) is 0 Å². The number of nitrogens with one attached hydrogen (secondary N) is 1. The standard InChI is InChI=1S/C15H33NO/c1-5-7-9-15(6-2)13-17-11-8-10-16-12-14(3)4/h14-16H,5-13H2,1-4H3. The van der Waals surface area contributed by atoms with Crippen molar-refractivity contribution in [2.45, 2.75) is 59.8 Å². The fraction of sp³-hybridized carbons (Fsp3) is 1.00. The molecule has 0 heterocycles. The predicted molar refractivity (Wildman–Crippen MR) is 76.4 cm³/mol. The van der Waals surface area contributed by atoms with E-state index in [1.807, 2.05) is 0 Å². The first-order valence-electron chi connectivity index (χ1n) is 7.49. The van der Waals surface area contributed by atoms with Crippen molar-refractivity contribution in [3.63, 3.8) is 0 Å². The topological polar surface area (TPSA) is 21.3 Å². The molecule has 0 spiro atoms. The Kier molecular flexibility index (Phi) is 12.3. The second-order valence-corrected chi connectivity index (χ2v) is 5.44. The first-order chi connectivity index (χ1) is 8.20. The van der Waals surface area contributed by atoms with Crippen LogP contribution in [0, 0.1) is 11.8 Å². The second kappa shape index (κ2) is 12.4. The minimum atomic E-state index is 0.745. The molecular formula is C15H33NO. The van der Waals surface area contributed by atoms with Gasteiger partial charge in [0.1, 0.15) is 0 Å². The quantitative estimate of drug-likeness (QED) is 0.526. The Balaban J connectivity index is 3.24. The van der Waals surface area contributed by atoms with Gasteiger partial charge >= 0.3 is 0 Å². The van der Waals surface area contributed by atoms with E-state index in [1.165, 1.54) is 25.7 Å². The molecule has 0 aliphatic carbocycles. The summed E-state index contributed by atoms with van der Waals surface area (Å²) in [5, 5.41) is 3.44. The summed E-state index contributed by atoms with van der Waals surface area (Å²) in [4.78, 5) is 0. The van der Waals surface area contributed by atoms with Gasteiger partial charge in [-0.15, -0.1) is 0 Å². The highest BCUT2D eigenvalue weighted by molar-refractivity contribution is 4.56. The van der Waals surface area contributed by atoms with Gasteiger partial charge in [0.25, 0.3) is 0 Å². The smallest absolute Gasteiger partial charge is 0.0494 e. The lowest BCUT2D eigenvalue weighted by molar-refractivity contribution is 0.0921. The average Bonchev–Trinajstić information content (AvgIpc) is 2.31. The van der Waals surface area contributed by atoms with Crippen molar-refractivity contribution in [2.24, 2.45) is 11.8 Å². The van der Waals surface area contributed by atoms with E-state index >= 15 is 0 Å². The molecule has 0 aliphatic heterocycles. The Hall–Kier alpha value is -0.0800. The maximum absolute atomic E-state index is 5.75. The molecule has 0 aromatic carbocycles. The van der Waals surface area contributed by atoms with Gasteiger partial charge in [0.15, 0.2) is 0 Å². The molecule has 0 radical (unpaired) electrons. The summed E-state index contributed by atoms with van der Waals surface area (Å²) in [6, 6.07) is 0. The van der Waals surface area contributed by atoms with E-state index in [2.05, 4.69) is 33.0 Å². The molecule has 17 heavy (non-hydrogen) atoms. The Morgan fingerprint density at radius 3 is 2.47 bits per heavy atom. The number of ether oxygens (including phenoxy) is 1. The number of rotatable bonds is 12.